The Kier molecular flexibility index (Phi) is 4.77. The van der Waals surface area contributed by atoms with Gasteiger partial charge in [0.05, 0.1) is 10.2 Å². The van der Waals surface area contributed by atoms with Crippen LogP contribution in [0.15, 0.2) is 11.4 Å². The van der Waals surface area contributed by atoms with Gasteiger partial charge in [0.25, 0.3) is 5.91 Å². The van der Waals surface area contributed by atoms with Gasteiger partial charge in [0.2, 0.25) is 0 Å². The molecule has 0 saturated carbocycles. The van der Waals surface area contributed by atoms with Gasteiger partial charge in [-0.2, -0.15) is 0 Å². The SMILES string of the molecule is CCN1C(=O)N(CC(C)C)C2(CCN(c3nc(C)nc4ccsc34)CC2)C1=O. The third kappa shape index (κ3) is 2.85. The number of thiophene rings is 1. The van der Waals surface area contributed by atoms with Crippen LogP contribution in [0.5, 0.6) is 0 Å². The molecule has 2 aliphatic heterocycles. The predicted molar refractivity (Wildman–Crippen MR) is 111 cm³/mol. The van der Waals surface area contributed by atoms with E-state index in [1.165, 1.54) is 4.90 Å². The minimum absolute atomic E-state index is 0.0274. The summed E-state index contributed by atoms with van der Waals surface area (Å²) in [5.74, 6) is 2.00. The molecule has 150 valence electrons. The number of likely N-dealkylation sites (N-methyl/N-ethyl adjacent to an activating group) is 1. The van der Waals surface area contributed by atoms with Crippen molar-refractivity contribution in [3.8, 4) is 0 Å². The highest BCUT2D eigenvalue weighted by Gasteiger charge is 2.57. The van der Waals surface area contributed by atoms with E-state index in [9.17, 15) is 9.59 Å². The van der Waals surface area contributed by atoms with E-state index < -0.39 is 5.54 Å². The molecular formula is C20H27N5O2S. The first-order chi connectivity index (χ1) is 13.4. The molecule has 1 spiro atoms. The second kappa shape index (κ2) is 6.99. The maximum absolute atomic E-state index is 13.2. The van der Waals surface area contributed by atoms with E-state index in [2.05, 4.69) is 23.7 Å². The Morgan fingerprint density at radius 3 is 2.57 bits per heavy atom. The molecule has 0 unspecified atom stereocenters. The fourth-order valence-electron chi connectivity index (χ4n) is 4.43. The van der Waals surface area contributed by atoms with E-state index in [0.717, 1.165) is 21.9 Å². The van der Waals surface area contributed by atoms with Gasteiger partial charge in [0.1, 0.15) is 17.2 Å². The lowest BCUT2D eigenvalue weighted by Gasteiger charge is -2.43. The van der Waals surface area contributed by atoms with E-state index in [1.54, 1.807) is 11.3 Å². The first-order valence-electron chi connectivity index (χ1n) is 9.97. The normalized spacial score (nSPS) is 19.7. The molecule has 0 aliphatic carbocycles. The van der Waals surface area contributed by atoms with Crippen molar-refractivity contribution in [1.29, 1.82) is 0 Å². The molecule has 2 saturated heterocycles. The molecule has 2 aromatic rings. The van der Waals surface area contributed by atoms with Crippen molar-refractivity contribution in [2.45, 2.75) is 46.1 Å². The summed E-state index contributed by atoms with van der Waals surface area (Å²) in [5, 5.41) is 2.04. The van der Waals surface area contributed by atoms with Crippen molar-refractivity contribution in [2.24, 2.45) is 5.92 Å². The number of imide groups is 1. The lowest BCUT2D eigenvalue weighted by Crippen LogP contribution is -2.57. The number of hydrogen-bond donors (Lipinski definition) is 0. The van der Waals surface area contributed by atoms with Gasteiger partial charge >= 0.3 is 6.03 Å². The summed E-state index contributed by atoms with van der Waals surface area (Å²) in [5.41, 5.74) is 0.267. The molecule has 0 atom stereocenters. The average Bonchev–Trinajstić information content (AvgIpc) is 3.19. The fourth-order valence-corrected chi connectivity index (χ4v) is 5.27. The summed E-state index contributed by atoms with van der Waals surface area (Å²) in [6.45, 7) is 10.4. The first kappa shape index (κ1) is 19.1. The maximum Gasteiger partial charge on any atom is 0.327 e. The van der Waals surface area contributed by atoms with E-state index in [-0.39, 0.29) is 11.9 Å². The molecule has 0 radical (unpaired) electrons. The van der Waals surface area contributed by atoms with E-state index in [0.29, 0.717) is 44.9 Å². The Morgan fingerprint density at radius 2 is 1.93 bits per heavy atom. The molecule has 3 amide bonds. The Balaban J connectivity index is 1.63. The van der Waals surface area contributed by atoms with Crippen LogP contribution in [0, 0.1) is 12.8 Å². The smallest absolute Gasteiger partial charge is 0.327 e. The summed E-state index contributed by atoms with van der Waals surface area (Å²) in [7, 11) is 0. The number of rotatable bonds is 4. The molecule has 7 nitrogen and oxygen atoms in total. The van der Waals surface area contributed by atoms with Gasteiger partial charge in [0, 0.05) is 26.2 Å². The third-order valence-corrected chi connectivity index (χ3v) is 6.67. The maximum atomic E-state index is 13.2. The molecule has 0 bridgehead atoms. The van der Waals surface area contributed by atoms with Crippen LogP contribution in [0.2, 0.25) is 0 Å². The second-order valence-corrected chi connectivity index (χ2v) is 9.00. The Labute approximate surface area is 169 Å². The van der Waals surface area contributed by atoms with Crippen LogP contribution in [0.4, 0.5) is 10.6 Å². The van der Waals surface area contributed by atoms with Gasteiger partial charge in [-0.1, -0.05) is 13.8 Å². The average molecular weight is 402 g/mol. The van der Waals surface area contributed by atoms with Gasteiger partial charge < -0.3 is 9.80 Å². The number of urea groups is 1. The van der Waals surface area contributed by atoms with Crippen LogP contribution >= 0.6 is 11.3 Å². The number of piperidine rings is 1. The predicted octanol–water partition coefficient (Wildman–Crippen LogP) is 3.28. The first-order valence-corrected chi connectivity index (χ1v) is 10.9. The second-order valence-electron chi connectivity index (χ2n) is 8.08. The lowest BCUT2D eigenvalue weighted by atomic mass is 9.85. The van der Waals surface area contributed by atoms with Gasteiger partial charge in [0.15, 0.2) is 0 Å². The van der Waals surface area contributed by atoms with E-state index in [1.807, 2.05) is 30.2 Å². The molecule has 0 N–H and O–H groups in total. The minimum atomic E-state index is -0.704. The molecule has 2 fully saturated rings. The van der Waals surface area contributed by atoms with Crippen molar-refractivity contribution in [2.75, 3.05) is 31.1 Å². The highest BCUT2D eigenvalue weighted by molar-refractivity contribution is 7.17. The number of fused-ring (bicyclic) bond motifs is 1. The Hall–Kier alpha value is -2.22. The van der Waals surface area contributed by atoms with Crippen molar-refractivity contribution in [3.05, 3.63) is 17.3 Å². The number of hydrogen-bond acceptors (Lipinski definition) is 6. The number of carbonyl (C=O) groups is 2. The summed E-state index contributed by atoms with van der Waals surface area (Å²) in [4.78, 5) is 40.8. The van der Waals surface area contributed by atoms with Crippen molar-refractivity contribution in [3.63, 3.8) is 0 Å². The molecule has 2 aliphatic rings. The van der Waals surface area contributed by atoms with Crippen LogP contribution < -0.4 is 4.90 Å². The summed E-state index contributed by atoms with van der Waals surface area (Å²) < 4.78 is 1.09. The van der Waals surface area contributed by atoms with E-state index >= 15 is 0 Å². The van der Waals surface area contributed by atoms with Crippen molar-refractivity contribution < 1.29 is 9.59 Å². The molecular weight excluding hydrogens is 374 g/mol. The van der Waals surface area contributed by atoms with Crippen LogP contribution in [-0.2, 0) is 4.79 Å². The monoisotopic (exact) mass is 401 g/mol. The largest absolute Gasteiger partial charge is 0.355 e. The van der Waals surface area contributed by atoms with Crippen molar-refractivity contribution >= 4 is 39.3 Å². The van der Waals surface area contributed by atoms with Gasteiger partial charge in [-0.05, 0) is 44.1 Å². The van der Waals surface area contributed by atoms with Crippen molar-refractivity contribution in [1.82, 2.24) is 19.8 Å². The Bertz CT molecular complexity index is 916. The molecule has 2 aromatic heterocycles. The summed E-state index contributed by atoms with van der Waals surface area (Å²) in [6, 6.07) is 1.89. The quantitative estimate of drug-likeness (QED) is 0.736. The van der Waals surface area contributed by atoms with Crippen LogP contribution in [0.3, 0.4) is 0 Å². The topological polar surface area (TPSA) is 69.6 Å². The van der Waals surface area contributed by atoms with Gasteiger partial charge in [-0.15, -0.1) is 11.3 Å². The zero-order valence-electron chi connectivity index (χ0n) is 16.9. The van der Waals surface area contributed by atoms with Gasteiger partial charge in [-0.25, -0.2) is 14.8 Å². The number of aryl methyl sites for hydroxylation is 1. The molecule has 8 heteroatoms. The number of nitrogens with zero attached hydrogens (tertiary/aromatic N) is 5. The molecule has 0 aromatic carbocycles. The number of anilines is 1. The minimum Gasteiger partial charge on any atom is -0.355 e. The summed E-state index contributed by atoms with van der Waals surface area (Å²) >= 11 is 1.65. The number of aromatic nitrogens is 2. The van der Waals surface area contributed by atoms with Crippen LogP contribution in [0.25, 0.3) is 10.2 Å². The molecule has 4 heterocycles. The standard InChI is InChI=1S/C20H27N5O2S/c1-5-24-18(26)20(25(19(24)27)12-13(2)3)7-9-23(10-8-20)17-16-15(6-11-28-16)21-14(4)22-17/h6,11,13H,5,7-10,12H2,1-4H3. The number of carbonyl (C=O) groups excluding carboxylic acids is 2. The Morgan fingerprint density at radius 1 is 1.21 bits per heavy atom. The van der Waals surface area contributed by atoms with Gasteiger partial charge in [-0.3, -0.25) is 9.69 Å². The highest BCUT2D eigenvalue weighted by Crippen LogP contribution is 2.40. The summed E-state index contributed by atoms with van der Waals surface area (Å²) in [6.07, 6.45) is 1.27. The zero-order valence-corrected chi connectivity index (χ0v) is 17.8. The third-order valence-electron chi connectivity index (χ3n) is 5.77. The highest BCUT2D eigenvalue weighted by atomic mass is 32.1. The van der Waals surface area contributed by atoms with E-state index in [4.69, 9.17) is 4.98 Å². The van der Waals surface area contributed by atoms with Crippen LogP contribution in [0.1, 0.15) is 39.4 Å². The molecule has 4 rings (SSSR count). The molecule has 28 heavy (non-hydrogen) atoms. The fraction of sp³-hybridized carbons (Fsp3) is 0.600. The lowest BCUT2D eigenvalue weighted by molar-refractivity contribution is -0.134. The van der Waals surface area contributed by atoms with Crippen LogP contribution in [-0.4, -0.2) is 63.4 Å². The zero-order chi connectivity index (χ0) is 20.1. The number of amides is 3.